The zero-order valence-electron chi connectivity index (χ0n) is 12.3. The number of halogens is 1. The molecule has 3 aromatic rings. The van der Waals surface area contributed by atoms with Crippen molar-refractivity contribution < 1.29 is 4.79 Å². The van der Waals surface area contributed by atoms with Crippen molar-refractivity contribution in [2.24, 2.45) is 13.0 Å². The standard InChI is InChI=1S/C19H16BrNO/c1-21-11-17(15-9-13(20)7-8-18(15)21)14-10-16(14)19(22)12-5-3-2-4-6-12/h2-9,11,14,16H,10H2,1H3/t14-,16-/m0/s1. The van der Waals surface area contributed by atoms with Gasteiger partial charge in [0.15, 0.2) is 5.78 Å². The van der Waals surface area contributed by atoms with Crippen LogP contribution < -0.4 is 0 Å². The minimum absolute atomic E-state index is 0.131. The van der Waals surface area contributed by atoms with Crippen LogP contribution in [0.1, 0.15) is 28.3 Å². The van der Waals surface area contributed by atoms with E-state index in [0.717, 1.165) is 16.5 Å². The predicted octanol–water partition coefficient (Wildman–Crippen LogP) is 4.93. The SMILES string of the molecule is Cn1cc([C@H]2C[C@@H]2C(=O)c2ccccc2)c2cc(Br)ccc21. The van der Waals surface area contributed by atoms with Gasteiger partial charge in [-0.2, -0.15) is 0 Å². The number of Topliss-reactive ketones (excluding diaryl/α,β-unsaturated/α-hetero) is 1. The number of hydrogen-bond donors (Lipinski definition) is 0. The van der Waals surface area contributed by atoms with Gasteiger partial charge in [-0.25, -0.2) is 0 Å². The molecule has 110 valence electrons. The smallest absolute Gasteiger partial charge is 0.166 e. The Morgan fingerprint density at radius 2 is 1.95 bits per heavy atom. The maximum absolute atomic E-state index is 12.6. The first-order valence-corrected chi connectivity index (χ1v) is 8.28. The summed E-state index contributed by atoms with van der Waals surface area (Å²) in [4.78, 5) is 12.6. The van der Waals surface area contributed by atoms with Crippen molar-refractivity contribution in [3.8, 4) is 0 Å². The normalized spacial score (nSPS) is 20.3. The van der Waals surface area contributed by atoms with Crippen molar-refractivity contribution in [1.29, 1.82) is 0 Å². The zero-order valence-corrected chi connectivity index (χ0v) is 13.9. The highest BCUT2D eigenvalue weighted by molar-refractivity contribution is 9.10. The number of benzene rings is 2. The number of carbonyl (C=O) groups is 1. The molecule has 1 aromatic heterocycles. The molecule has 2 atom stereocenters. The molecule has 1 aliphatic carbocycles. The highest BCUT2D eigenvalue weighted by atomic mass is 79.9. The molecule has 1 fully saturated rings. The third-order valence-electron chi connectivity index (χ3n) is 4.57. The third-order valence-corrected chi connectivity index (χ3v) is 5.06. The molecule has 0 aliphatic heterocycles. The topological polar surface area (TPSA) is 22.0 Å². The average molecular weight is 354 g/mol. The van der Waals surface area contributed by atoms with E-state index in [-0.39, 0.29) is 11.7 Å². The molecule has 3 heteroatoms. The van der Waals surface area contributed by atoms with E-state index < -0.39 is 0 Å². The second-order valence-corrected chi connectivity index (χ2v) is 6.95. The maximum atomic E-state index is 12.6. The molecule has 1 aliphatic rings. The van der Waals surface area contributed by atoms with E-state index in [1.54, 1.807) is 0 Å². The minimum Gasteiger partial charge on any atom is -0.350 e. The van der Waals surface area contributed by atoms with E-state index in [9.17, 15) is 4.79 Å². The van der Waals surface area contributed by atoms with Crippen molar-refractivity contribution >= 4 is 32.6 Å². The molecule has 0 bridgehead atoms. The Morgan fingerprint density at radius 1 is 1.18 bits per heavy atom. The monoisotopic (exact) mass is 353 g/mol. The Hall–Kier alpha value is -1.87. The van der Waals surface area contributed by atoms with Crippen molar-refractivity contribution in [3.63, 3.8) is 0 Å². The molecule has 22 heavy (non-hydrogen) atoms. The zero-order chi connectivity index (χ0) is 15.3. The lowest BCUT2D eigenvalue weighted by molar-refractivity contribution is 0.0965. The van der Waals surface area contributed by atoms with E-state index in [1.165, 1.54) is 16.5 Å². The van der Waals surface area contributed by atoms with Gasteiger partial charge in [0.1, 0.15) is 0 Å². The lowest BCUT2D eigenvalue weighted by atomic mass is 10.0. The van der Waals surface area contributed by atoms with Gasteiger partial charge in [-0.1, -0.05) is 46.3 Å². The second kappa shape index (κ2) is 5.10. The Balaban J connectivity index is 1.68. The van der Waals surface area contributed by atoms with Gasteiger partial charge in [0.25, 0.3) is 0 Å². The fourth-order valence-corrected chi connectivity index (χ4v) is 3.70. The molecule has 0 unspecified atom stereocenters. The van der Waals surface area contributed by atoms with Gasteiger partial charge >= 0.3 is 0 Å². The lowest BCUT2D eigenvalue weighted by Gasteiger charge is -2.00. The fraction of sp³-hybridized carbons (Fsp3) is 0.211. The summed E-state index contributed by atoms with van der Waals surface area (Å²) in [5.41, 5.74) is 3.35. The van der Waals surface area contributed by atoms with Gasteiger partial charge < -0.3 is 4.57 Å². The number of nitrogens with zero attached hydrogens (tertiary/aromatic N) is 1. The summed E-state index contributed by atoms with van der Waals surface area (Å²) in [6, 6.07) is 16.0. The van der Waals surface area contributed by atoms with E-state index in [0.29, 0.717) is 5.92 Å². The highest BCUT2D eigenvalue weighted by Gasteiger charge is 2.45. The van der Waals surface area contributed by atoms with Crippen LogP contribution in [0.2, 0.25) is 0 Å². The van der Waals surface area contributed by atoms with Crippen LogP contribution in [0.3, 0.4) is 0 Å². The highest BCUT2D eigenvalue weighted by Crippen LogP contribution is 2.51. The summed E-state index contributed by atoms with van der Waals surface area (Å²) >= 11 is 3.55. The quantitative estimate of drug-likeness (QED) is 0.612. The summed E-state index contributed by atoms with van der Waals surface area (Å²) in [7, 11) is 2.07. The van der Waals surface area contributed by atoms with Gasteiger partial charge in [-0.3, -0.25) is 4.79 Å². The van der Waals surface area contributed by atoms with Gasteiger partial charge in [0.05, 0.1) is 0 Å². The summed E-state index contributed by atoms with van der Waals surface area (Å²) in [6.45, 7) is 0. The number of carbonyl (C=O) groups excluding carboxylic acids is 1. The van der Waals surface area contributed by atoms with Crippen molar-refractivity contribution in [2.75, 3.05) is 0 Å². The van der Waals surface area contributed by atoms with Crippen LogP contribution in [0.5, 0.6) is 0 Å². The first-order valence-electron chi connectivity index (χ1n) is 7.49. The molecule has 0 radical (unpaired) electrons. The molecule has 2 aromatic carbocycles. The van der Waals surface area contributed by atoms with Gasteiger partial charge in [-0.15, -0.1) is 0 Å². The van der Waals surface area contributed by atoms with Crippen LogP contribution in [0.4, 0.5) is 0 Å². The van der Waals surface area contributed by atoms with E-state index in [1.807, 2.05) is 30.3 Å². The minimum atomic E-state index is 0.131. The molecular formula is C19H16BrNO. The molecule has 0 N–H and O–H groups in total. The van der Waals surface area contributed by atoms with Crippen molar-refractivity contribution in [2.45, 2.75) is 12.3 Å². The predicted molar refractivity (Wildman–Crippen MR) is 92.2 cm³/mol. The number of aryl methyl sites for hydroxylation is 1. The van der Waals surface area contributed by atoms with E-state index in [2.05, 4.69) is 51.9 Å². The van der Waals surface area contributed by atoms with E-state index >= 15 is 0 Å². The summed E-state index contributed by atoms with van der Waals surface area (Å²) in [6.07, 6.45) is 3.14. The summed E-state index contributed by atoms with van der Waals surface area (Å²) < 4.78 is 3.23. The number of fused-ring (bicyclic) bond motifs is 1. The van der Waals surface area contributed by atoms with Crippen LogP contribution in [0, 0.1) is 5.92 Å². The fourth-order valence-electron chi connectivity index (χ4n) is 3.34. The molecule has 0 saturated heterocycles. The lowest BCUT2D eigenvalue weighted by Crippen LogP contribution is -2.02. The first-order chi connectivity index (χ1) is 10.6. The molecule has 0 spiro atoms. The van der Waals surface area contributed by atoms with Gasteiger partial charge in [-0.05, 0) is 36.1 Å². The summed E-state index contributed by atoms with van der Waals surface area (Å²) in [5.74, 6) is 0.760. The van der Waals surface area contributed by atoms with Crippen LogP contribution in [-0.2, 0) is 7.05 Å². The largest absolute Gasteiger partial charge is 0.350 e. The number of aromatic nitrogens is 1. The number of hydrogen-bond acceptors (Lipinski definition) is 1. The molecule has 2 nitrogen and oxygen atoms in total. The van der Waals surface area contributed by atoms with E-state index in [4.69, 9.17) is 0 Å². The molecule has 0 amide bonds. The molecule has 4 rings (SSSR count). The summed E-state index contributed by atoms with van der Waals surface area (Å²) in [5, 5.41) is 1.25. The maximum Gasteiger partial charge on any atom is 0.166 e. The Kier molecular flexibility index (Phi) is 3.19. The Bertz CT molecular complexity index is 866. The molecule has 1 heterocycles. The molecular weight excluding hydrogens is 338 g/mol. The average Bonchev–Trinajstić information content (AvgIpc) is 3.26. The second-order valence-electron chi connectivity index (χ2n) is 6.04. The Labute approximate surface area is 137 Å². The van der Waals surface area contributed by atoms with Crippen LogP contribution in [0.25, 0.3) is 10.9 Å². The van der Waals surface area contributed by atoms with Crippen LogP contribution in [0.15, 0.2) is 59.2 Å². The number of rotatable bonds is 3. The first kappa shape index (κ1) is 13.8. The number of ketones is 1. The van der Waals surface area contributed by atoms with Crippen LogP contribution in [-0.4, -0.2) is 10.4 Å². The van der Waals surface area contributed by atoms with Gasteiger partial charge in [0.2, 0.25) is 0 Å². The van der Waals surface area contributed by atoms with Crippen LogP contribution >= 0.6 is 15.9 Å². The molecule has 1 saturated carbocycles. The van der Waals surface area contributed by atoms with Crippen molar-refractivity contribution in [1.82, 2.24) is 4.57 Å². The van der Waals surface area contributed by atoms with Crippen molar-refractivity contribution in [3.05, 3.63) is 70.3 Å². The van der Waals surface area contributed by atoms with Gasteiger partial charge in [0, 0.05) is 40.1 Å². The Morgan fingerprint density at radius 3 is 2.73 bits per heavy atom. The third kappa shape index (κ3) is 2.20.